The molecule has 4 heteroatoms. The van der Waals surface area contributed by atoms with Gasteiger partial charge in [-0.2, -0.15) is 5.10 Å². The van der Waals surface area contributed by atoms with Crippen LogP contribution in [0, 0.1) is 6.92 Å². The highest BCUT2D eigenvalue weighted by Crippen LogP contribution is 2.11. The molecule has 4 nitrogen and oxygen atoms in total. The number of aromatic nitrogens is 3. The summed E-state index contributed by atoms with van der Waals surface area (Å²) < 4.78 is 2.06. The van der Waals surface area contributed by atoms with Gasteiger partial charge in [0.15, 0.2) is 0 Å². The van der Waals surface area contributed by atoms with E-state index in [1.165, 1.54) is 24.1 Å². The van der Waals surface area contributed by atoms with Crippen molar-refractivity contribution in [1.82, 2.24) is 14.8 Å². The molecular formula is C14H20N4. The van der Waals surface area contributed by atoms with E-state index in [4.69, 9.17) is 0 Å². The molecule has 96 valence electrons. The highest BCUT2D eigenvalue weighted by atomic mass is 15.3. The molecule has 18 heavy (non-hydrogen) atoms. The van der Waals surface area contributed by atoms with E-state index in [1.54, 1.807) is 6.20 Å². The van der Waals surface area contributed by atoms with Crippen molar-refractivity contribution >= 4 is 5.82 Å². The Hall–Kier alpha value is -1.84. The summed E-state index contributed by atoms with van der Waals surface area (Å²) in [7, 11) is 0. The van der Waals surface area contributed by atoms with E-state index in [0.29, 0.717) is 0 Å². The second kappa shape index (κ2) is 6.19. The number of pyridine rings is 1. The first-order chi connectivity index (χ1) is 8.79. The Morgan fingerprint density at radius 1 is 1.39 bits per heavy atom. The van der Waals surface area contributed by atoms with Crippen LogP contribution in [0.4, 0.5) is 5.82 Å². The lowest BCUT2D eigenvalue weighted by Crippen LogP contribution is -2.04. The summed E-state index contributed by atoms with van der Waals surface area (Å²) in [6, 6.07) is 6.09. The van der Waals surface area contributed by atoms with Crippen LogP contribution in [0.1, 0.15) is 31.0 Å². The van der Waals surface area contributed by atoms with Crippen LogP contribution in [0.25, 0.3) is 0 Å². The molecule has 0 atom stereocenters. The zero-order valence-corrected chi connectivity index (χ0v) is 11.1. The van der Waals surface area contributed by atoms with Gasteiger partial charge in [-0.3, -0.25) is 9.67 Å². The molecule has 0 aromatic carbocycles. The molecular weight excluding hydrogens is 224 g/mol. The average Bonchev–Trinajstić information content (AvgIpc) is 2.76. The van der Waals surface area contributed by atoms with Gasteiger partial charge in [0.05, 0.1) is 0 Å². The lowest BCUT2D eigenvalue weighted by atomic mass is 10.3. The van der Waals surface area contributed by atoms with Gasteiger partial charge in [-0.1, -0.05) is 19.4 Å². The van der Waals surface area contributed by atoms with Gasteiger partial charge in [-0.05, 0) is 25.0 Å². The number of nitrogens with one attached hydrogen (secondary N) is 1. The molecule has 0 radical (unpaired) electrons. The van der Waals surface area contributed by atoms with Crippen molar-refractivity contribution in [2.24, 2.45) is 0 Å². The maximum atomic E-state index is 4.55. The van der Waals surface area contributed by atoms with Crippen molar-refractivity contribution in [3.63, 3.8) is 0 Å². The summed E-state index contributed by atoms with van der Waals surface area (Å²) in [6.45, 7) is 6.05. The second-order valence-electron chi connectivity index (χ2n) is 4.46. The maximum Gasteiger partial charge on any atom is 0.148 e. The van der Waals surface area contributed by atoms with Gasteiger partial charge in [0.25, 0.3) is 0 Å². The third-order valence-electron chi connectivity index (χ3n) is 2.90. The second-order valence-corrected chi connectivity index (χ2v) is 4.46. The molecule has 2 aromatic rings. The molecule has 0 aliphatic carbocycles. The summed E-state index contributed by atoms with van der Waals surface area (Å²) in [5.74, 6) is 0.937. The normalized spacial score (nSPS) is 10.6. The van der Waals surface area contributed by atoms with Crippen LogP contribution >= 0.6 is 0 Å². The van der Waals surface area contributed by atoms with Crippen LogP contribution in [0.2, 0.25) is 0 Å². The fourth-order valence-corrected chi connectivity index (χ4v) is 1.83. The number of anilines is 1. The fourth-order valence-electron chi connectivity index (χ4n) is 1.83. The van der Waals surface area contributed by atoms with Crippen LogP contribution in [-0.2, 0) is 13.1 Å². The SMILES string of the molecule is CCCCn1nc(NCc2cccnc2)cc1C. The number of hydrogen-bond acceptors (Lipinski definition) is 3. The van der Waals surface area contributed by atoms with Crippen LogP contribution in [0.3, 0.4) is 0 Å². The van der Waals surface area contributed by atoms with Crippen molar-refractivity contribution in [2.75, 3.05) is 5.32 Å². The van der Waals surface area contributed by atoms with Gasteiger partial charge in [0.2, 0.25) is 0 Å². The van der Waals surface area contributed by atoms with Crippen molar-refractivity contribution < 1.29 is 0 Å². The highest BCUT2D eigenvalue weighted by Gasteiger charge is 2.03. The Morgan fingerprint density at radius 2 is 2.28 bits per heavy atom. The summed E-state index contributed by atoms with van der Waals surface area (Å²) in [5, 5.41) is 7.87. The van der Waals surface area contributed by atoms with Crippen molar-refractivity contribution in [3.05, 3.63) is 41.9 Å². The Labute approximate surface area is 108 Å². The summed E-state index contributed by atoms with van der Waals surface area (Å²) >= 11 is 0. The van der Waals surface area contributed by atoms with Gasteiger partial charge >= 0.3 is 0 Å². The summed E-state index contributed by atoms with van der Waals surface area (Å²) in [6.07, 6.45) is 6.02. The standard InChI is InChI=1S/C14H20N4/c1-3-4-8-18-12(2)9-14(17-18)16-11-13-6-5-7-15-10-13/h5-7,9-10H,3-4,8,11H2,1-2H3,(H,16,17). The molecule has 0 bridgehead atoms. The van der Waals surface area contributed by atoms with Crippen LogP contribution in [0.15, 0.2) is 30.6 Å². The average molecular weight is 244 g/mol. The predicted octanol–water partition coefficient (Wildman–Crippen LogP) is 3.00. The zero-order valence-electron chi connectivity index (χ0n) is 11.1. The number of hydrogen-bond donors (Lipinski definition) is 1. The molecule has 0 amide bonds. The van der Waals surface area contributed by atoms with Crippen LogP contribution in [0.5, 0.6) is 0 Å². The van der Waals surface area contributed by atoms with Crippen LogP contribution < -0.4 is 5.32 Å². The quantitative estimate of drug-likeness (QED) is 0.849. The third kappa shape index (κ3) is 3.32. The van der Waals surface area contributed by atoms with E-state index >= 15 is 0 Å². The molecule has 1 N–H and O–H groups in total. The van der Waals surface area contributed by atoms with E-state index in [-0.39, 0.29) is 0 Å². The van der Waals surface area contributed by atoms with E-state index in [9.17, 15) is 0 Å². The molecule has 0 spiro atoms. The van der Waals surface area contributed by atoms with E-state index < -0.39 is 0 Å². The molecule has 0 unspecified atom stereocenters. The van der Waals surface area contributed by atoms with Gasteiger partial charge in [-0.25, -0.2) is 0 Å². The highest BCUT2D eigenvalue weighted by molar-refractivity contribution is 5.36. The van der Waals surface area contributed by atoms with Gasteiger partial charge in [0.1, 0.15) is 5.82 Å². The molecule has 0 aliphatic heterocycles. The Bertz CT molecular complexity index is 476. The molecule has 0 fully saturated rings. The number of unbranched alkanes of at least 4 members (excludes halogenated alkanes) is 1. The number of rotatable bonds is 6. The number of nitrogens with zero attached hydrogens (tertiary/aromatic N) is 3. The van der Waals surface area contributed by atoms with Gasteiger partial charge in [0, 0.05) is 37.2 Å². The minimum atomic E-state index is 0.762. The lowest BCUT2D eigenvalue weighted by molar-refractivity contribution is 0.560. The first-order valence-electron chi connectivity index (χ1n) is 6.47. The molecule has 2 rings (SSSR count). The third-order valence-corrected chi connectivity index (χ3v) is 2.90. The molecule has 0 aliphatic rings. The van der Waals surface area contributed by atoms with Crippen molar-refractivity contribution in [3.8, 4) is 0 Å². The van der Waals surface area contributed by atoms with E-state index in [2.05, 4.69) is 46.1 Å². The smallest absolute Gasteiger partial charge is 0.148 e. The van der Waals surface area contributed by atoms with Crippen molar-refractivity contribution in [2.45, 2.75) is 39.8 Å². The Morgan fingerprint density at radius 3 is 3.00 bits per heavy atom. The Kier molecular flexibility index (Phi) is 4.34. The maximum absolute atomic E-state index is 4.55. The monoisotopic (exact) mass is 244 g/mol. The summed E-state index contributed by atoms with van der Waals surface area (Å²) in [4.78, 5) is 4.09. The minimum Gasteiger partial charge on any atom is -0.364 e. The minimum absolute atomic E-state index is 0.762. The van der Waals surface area contributed by atoms with Gasteiger partial charge in [-0.15, -0.1) is 0 Å². The van der Waals surface area contributed by atoms with E-state index in [0.717, 1.165) is 18.9 Å². The first-order valence-corrected chi connectivity index (χ1v) is 6.47. The zero-order chi connectivity index (χ0) is 12.8. The first kappa shape index (κ1) is 12.6. The predicted molar refractivity (Wildman–Crippen MR) is 73.4 cm³/mol. The van der Waals surface area contributed by atoms with Crippen molar-refractivity contribution in [1.29, 1.82) is 0 Å². The largest absolute Gasteiger partial charge is 0.364 e. The lowest BCUT2D eigenvalue weighted by Gasteiger charge is -2.03. The van der Waals surface area contributed by atoms with Gasteiger partial charge < -0.3 is 5.32 Å². The molecule has 0 saturated carbocycles. The molecule has 0 saturated heterocycles. The topological polar surface area (TPSA) is 42.7 Å². The summed E-state index contributed by atoms with van der Waals surface area (Å²) in [5.41, 5.74) is 2.37. The van der Waals surface area contributed by atoms with E-state index in [1.807, 2.05) is 12.3 Å². The Balaban J connectivity index is 1.94. The number of aryl methyl sites for hydroxylation is 2. The molecule has 2 heterocycles. The fraction of sp³-hybridized carbons (Fsp3) is 0.429. The van der Waals surface area contributed by atoms with Crippen LogP contribution in [-0.4, -0.2) is 14.8 Å². The molecule has 2 aromatic heterocycles.